The Labute approximate surface area is 81.4 Å². The topological polar surface area (TPSA) is 55.1 Å². The summed E-state index contributed by atoms with van der Waals surface area (Å²) in [4.78, 5) is 10.2. The largest absolute Gasteiger partial charge is 0.366 e. The van der Waals surface area contributed by atoms with E-state index in [-0.39, 0.29) is 5.91 Å². The van der Waals surface area contributed by atoms with Crippen LogP contribution in [0.15, 0.2) is 12.2 Å². The van der Waals surface area contributed by atoms with Crippen molar-refractivity contribution in [2.75, 3.05) is 13.1 Å². The van der Waals surface area contributed by atoms with Crippen LogP contribution in [0, 0.1) is 0 Å². The van der Waals surface area contributed by atoms with Gasteiger partial charge in [-0.25, -0.2) is 0 Å². The van der Waals surface area contributed by atoms with Crippen molar-refractivity contribution in [3.63, 3.8) is 0 Å². The predicted octanol–water partition coefficient (Wildman–Crippen LogP) is 1.44. The zero-order chi connectivity index (χ0) is 10.7. The number of carbonyl (C=O) groups excluding carboxylic acids is 1. The standard InChI is InChI=1S/C6H11NO.C4H11N/c1-3-4-5(2)6(7)8;1-3-5-4-2/h2-4H2,1H3,(H2,7,8);5H,3-4H2,1-2H3. The molecule has 3 N–H and O–H groups in total. The van der Waals surface area contributed by atoms with Crippen LogP contribution in [0.2, 0.25) is 0 Å². The molecule has 0 aliphatic carbocycles. The maximum atomic E-state index is 10.2. The van der Waals surface area contributed by atoms with E-state index in [1.165, 1.54) is 0 Å². The molecule has 0 heterocycles. The van der Waals surface area contributed by atoms with Crippen LogP contribution >= 0.6 is 0 Å². The Kier molecular flexibility index (Phi) is 12.6. The van der Waals surface area contributed by atoms with Gasteiger partial charge in [-0.1, -0.05) is 33.8 Å². The maximum Gasteiger partial charge on any atom is 0.244 e. The first-order valence-electron chi connectivity index (χ1n) is 4.78. The number of rotatable bonds is 5. The van der Waals surface area contributed by atoms with Crippen molar-refractivity contribution in [3.05, 3.63) is 12.2 Å². The third-order valence-electron chi connectivity index (χ3n) is 1.40. The molecule has 0 aromatic carbocycles. The van der Waals surface area contributed by atoms with Crippen molar-refractivity contribution in [2.24, 2.45) is 5.73 Å². The van der Waals surface area contributed by atoms with Gasteiger partial charge in [0.2, 0.25) is 5.91 Å². The second-order valence-electron chi connectivity index (χ2n) is 2.67. The van der Waals surface area contributed by atoms with E-state index in [1.807, 2.05) is 6.92 Å². The molecule has 0 radical (unpaired) electrons. The number of hydrogen-bond acceptors (Lipinski definition) is 2. The highest BCUT2D eigenvalue weighted by molar-refractivity contribution is 5.91. The van der Waals surface area contributed by atoms with Crippen LogP contribution in [-0.2, 0) is 4.79 Å². The molecule has 0 aliphatic rings. The molecule has 0 bridgehead atoms. The molecule has 0 unspecified atom stereocenters. The average Bonchev–Trinajstić information content (AvgIpc) is 2.07. The fourth-order valence-electron chi connectivity index (χ4n) is 0.675. The van der Waals surface area contributed by atoms with Crippen LogP contribution in [0.1, 0.15) is 33.6 Å². The van der Waals surface area contributed by atoms with E-state index in [2.05, 4.69) is 25.7 Å². The van der Waals surface area contributed by atoms with Gasteiger partial charge in [0.05, 0.1) is 0 Å². The lowest BCUT2D eigenvalue weighted by Crippen LogP contribution is -2.12. The molecule has 13 heavy (non-hydrogen) atoms. The SMILES string of the molecule is C=C(CCC)C(N)=O.CCNCC. The normalized spacial score (nSPS) is 8.54. The van der Waals surface area contributed by atoms with E-state index >= 15 is 0 Å². The molecule has 0 aliphatic heterocycles. The molecule has 3 heteroatoms. The fourth-order valence-corrected chi connectivity index (χ4v) is 0.675. The van der Waals surface area contributed by atoms with Crippen LogP contribution < -0.4 is 11.1 Å². The van der Waals surface area contributed by atoms with Gasteiger partial charge in [-0.05, 0) is 19.5 Å². The quantitative estimate of drug-likeness (QED) is 0.638. The summed E-state index contributed by atoms with van der Waals surface area (Å²) in [5, 5.41) is 3.11. The monoisotopic (exact) mass is 186 g/mol. The van der Waals surface area contributed by atoms with E-state index in [0.717, 1.165) is 25.9 Å². The molecule has 0 saturated heterocycles. The third kappa shape index (κ3) is 14.1. The summed E-state index contributed by atoms with van der Waals surface area (Å²) < 4.78 is 0. The van der Waals surface area contributed by atoms with Crippen LogP contribution in [0.3, 0.4) is 0 Å². The second-order valence-corrected chi connectivity index (χ2v) is 2.67. The van der Waals surface area contributed by atoms with Crippen molar-refractivity contribution in [2.45, 2.75) is 33.6 Å². The predicted molar refractivity (Wildman–Crippen MR) is 57.5 cm³/mol. The summed E-state index contributed by atoms with van der Waals surface area (Å²) in [6.07, 6.45) is 1.65. The van der Waals surface area contributed by atoms with Gasteiger partial charge in [0, 0.05) is 5.57 Å². The van der Waals surface area contributed by atoms with Crippen molar-refractivity contribution < 1.29 is 4.79 Å². The first-order chi connectivity index (χ1) is 6.09. The van der Waals surface area contributed by atoms with Crippen molar-refractivity contribution in [1.82, 2.24) is 5.32 Å². The highest BCUT2D eigenvalue weighted by Gasteiger charge is 1.96. The van der Waals surface area contributed by atoms with Gasteiger partial charge >= 0.3 is 0 Å². The first kappa shape index (κ1) is 14.7. The number of primary amides is 1. The zero-order valence-corrected chi connectivity index (χ0v) is 9.02. The number of amides is 1. The minimum Gasteiger partial charge on any atom is -0.366 e. The van der Waals surface area contributed by atoms with Crippen LogP contribution in [0.5, 0.6) is 0 Å². The number of nitrogens with two attached hydrogens (primary N) is 1. The molecular weight excluding hydrogens is 164 g/mol. The third-order valence-corrected chi connectivity index (χ3v) is 1.40. The van der Waals surface area contributed by atoms with Crippen LogP contribution in [0.4, 0.5) is 0 Å². The molecule has 1 amide bonds. The minimum absolute atomic E-state index is 0.383. The van der Waals surface area contributed by atoms with Gasteiger partial charge in [-0.15, -0.1) is 0 Å². The second kappa shape index (κ2) is 11.2. The summed E-state index contributed by atoms with van der Waals surface area (Å²) in [6, 6.07) is 0. The summed E-state index contributed by atoms with van der Waals surface area (Å²) in [6.45, 7) is 11.8. The van der Waals surface area contributed by atoms with E-state index in [1.54, 1.807) is 0 Å². The van der Waals surface area contributed by atoms with Crippen molar-refractivity contribution >= 4 is 5.91 Å². The highest BCUT2D eigenvalue weighted by Crippen LogP contribution is 1.98. The van der Waals surface area contributed by atoms with Gasteiger partial charge in [0.25, 0.3) is 0 Å². The average molecular weight is 186 g/mol. The summed E-state index contributed by atoms with van der Waals surface area (Å²) in [7, 11) is 0. The smallest absolute Gasteiger partial charge is 0.244 e. The van der Waals surface area contributed by atoms with Gasteiger partial charge in [-0.3, -0.25) is 4.79 Å². The molecule has 3 nitrogen and oxygen atoms in total. The van der Waals surface area contributed by atoms with Crippen LogP contribution in [-0.4, -0.2) is 19.0 Å². The highest BCUT2D eigenvalue weighted by atomic mass is 16.1. The number of carbonyl (C=O) groups is 1. The van der Waals surface area contributed by atoms with Gasteiger partial charge in [-0.2, -0.15) is 0 Å². The summed E-state index contributed by atoms with van der Waals surface area (Å²) >= 11 is 0. The Balaban J connectivity index is 0. The van der Waals surface area contributed by atoms with Crippen LogP contribution in [0.25, 0.3) is 0 Å². The molecule has 0 atom stereocenters. The lowest BCUT2D eigenvalue weighted by atomic mass is 10.2. The van der Waals surface area contributed by atoms with Gasteiger partial charge in [0.1, 0.15) is 0 Å². The molecule has 0 aromatic heterocycles. The Hall–Kier alpha value is -0.830. The molecule has 0 rings (SSSR count). The van der Waals surface area contributed by atoms with Crippen molar-refractivity contribution in [1.29, 1.82) is 0 Å². The Morgan fingerprint density at radius 2 is 1.77 bits per heavy atom. The lowest BCUT2D eigenvalue weighted by molar-refractivity contribution is -0.114. The van der Waals surface area contributed by atoms with E-state index < -0.39 is 0 Å². The molecule has 0 aromatic rings. The Morgan fingerprint density at radius 3 is 1.85 bits per heavy atom. The van der Waals surface area contributed by atoms with E-state index in [4.69, 9.17) is 5.73 Å². The number of nitrogens with one attached hydrogen (secondary N) is 1. The fraction of sp³-hybridized carbons (Fsp3) is 0.700. The zero-order valence-electron chi connectivity index (χ0n) is 9.02. The molecule has 0 spiro atoms. The van der Waals surface area contributed by atoms with Crippen molar-refractivity contribution in [3.8, 4) is 0 Å². The summed E-state index contributed by atoms with van der Waals surface area (Å²) in [5.74, 6) is -0.383. The maximum absolute atomic E-state index is 10.2. The molecule has 0 saturated carbocycles. The Bertz CT molecular complexity index is 142. The molecule has 78 valence electrons. The number of hydrogen-bond donors (Lipinski definition) is 2. The van der Waals surface area contributed by atoms with Gasteiger partial charge in [0.15, 0.2) is 0 Å². The molecule has 0 fully saturated rings. The minimum atomic E-state index is -0.383. The summed E-state index contributed by atoms with van der Waals surface area (Å²) in [5.41, 5.74) is 5.40. The molecular formula is C10H22N2O. The van der Waals surface area contributed by atoms with E-state index in [9.17, 15) is 4.79 Å². The van der Waals surface area contributed by atoms with E-state index in [0.29, 0.717) is 5.57 Å². The first-order valence-corrected chi connectivity index (χ1v) is 4.78. The Morgan fingerprint density at radius 1 is 1.31 bits per heavy atom. The van der Waals surface area contributed by atoms with Gasteiger partial charge < -0.3 is 11.1 Å². The lowest BCUT2D eigenvalue weighted by Gasteiger charge is -1.93.